The van der Waals surface area contributed by atoms with Crippen LogP contribution in [-0.2, 0) is 11.8 Å². The van der Waals surface area contributed by atoms with Crippen LogP contribution in [0.4, 0.5) is 17.3 Å². The Labute approximate surface area is 173 Å². The average molecular weight is 400 g/mol. The molecule has 3 heterocycles. The minimum atomic E-state index is -0.297. The third-order valence-corrected chi connectivity index (χ3v) is 4.56. The molecular weight excluding hydrogens is 380 g/mol. The lowest BCUT2D eigenvalue weighted by atomic mass is 10.1. The summed E-state index contributed by atoms with van der Waals surface area (Å²) >= 11 is 0. The quantitative estimate of drug-likeness (QED) is 0.477. The van der Waals surface area contributed by atoms with Gasteiger partial charge in [-0.1, -0.05) is 6.58 Å². The van der Waals surface area contributed by atoms with E-state index in [-0.39, 0.29) is 5.91 Å². The zero-order valence-electron chi connectivity index (χ0n) is 16.6. The molecule has 0 saturated heterocycles. The predicted octanol–water partition coefficient (Wildman–Crippen LogP) is 3.91. The first kappa shape index (κ1) is 19.1. The van der Waals surface area contributed by atoms with Crippen LogP contribution in [0.2, 0.25) is 0 Å². The molecule has 8 heteroatoms. The van der Waals surface area contributed by atoms with Crippen LogP contribution in [-0.4, -0.2) is 32.5 Å². The molecule has 0 bridgehead atoms. The number of nitrogens with zero attached hydrogens (tertiary/aromatic N) is 4. The van der Waals surface area contributed by atoms with Crippen molar-refractivity contribution in [2.24, 2.45) is 7.05 Å². The number of carbonyl (C=O) groups is 1. The monoisotopic (exact) mass is 400 g/mol. The SMILES string of the molecule is C=CC(=O)Nc1ccc(OC)c(Nc2nccc(-c3cn(C)c4ncccc34)n2)c1. The van der Waals surface area contributed by atoms with Gasteiger partial charge in [0.15, 0.2) is 0 Å². The summed E-state index contributed by atoms with van der Waals surface area (Å²) < 4.78 is 7.38. The molecule has 1 amide bonds. The zero-order valence-corrected chi connectivity index (χ0v) is 16.6. The Morgan fingerprint density at radius 2 is 2.07 bits per heavy atom. The fourth-order valence-corrected chi connectivity index (χ4v) is 3.18. The minimum absolute atomic E-state index is 0.297. The van der Waals surface area contributed by atoms with Gasteiger partial charge in [-0.15, -0.1) is 0 Å². The van der Waals surface area contributed by atoms with Crippen molar-refractivity contribution in [1.82, 2.24) is 19.5 Å². The predicted molar refractivity (Wildman–Crippen MR) is 117 cm³/mol. The smallest absolute Gasteiger partial charge is 0.247 e. The number of pyridine rings is 1. The Hall–Kier alpha value is -4.20. The number of hydrogen-bond donors (Lipinski definition) is 2. The van der Waals surface area contributed by atoms with Gasteiger partial charge in [0, 0.05) is 42.3 Å². The summed E-state index contributed by atoms with van der Waals surface area (Å²) in [4.78, 5) is 25.0. The highest BCUT2D eigenvalue weighted by atomic mass is 16.5. The van der Waals surface area contributed by atoms with Crippen LogP contribution in [0.3, 0.4) is 0 Å². The van der Waals surface area contributed by atoms with Gasteiger partial charge in [0.1, 0.15) is 11.4 Å². The number of fused-ring (bicyclic) bond motifs is 1. The highest BCUT2D eigenvalue weighted by Gasteiger charge is 2.13. The normalized spacial score (nSPS) is 10.6. The van der Waals surface area contributed by atoms with Crippen molar-refractivity contribution in [2.45, 2.75) is 0 Å². The van der Waals surface area contributed by atoms with Crippen LogP contribution in [0, 0.1) is 0 Å². The van der Waals surface area contributed by atoms with Crippen LogP contribution >= 0.6 is 0 Å². The van der Waals surface area contributed by atoms with E-state index in [4.69, 9.17) is 4.74 Å². The van der Waals surface area contributed by atoms with Crippen LogP contribution in [0.1, 0.15) is 0 Å². The summed E-state index contributed by atoms with van der Waals surface area (Å²) in [6.07, 6.45) is 6.66. The summed E-state index contributed by atoms with van der Waals surface area (Å²) in [7, 11) is 3.52. The molecule has 4 rings (SSSR count). The second-order valence-electron chi connectivity index (χ2n) is 6.53. The molecule has 0 aliphatic rings. The zero-order chi connectivity index (χ0) is 21.1. The van der Waals surface area contributed by atoms with Crippen molar-refractivity contribution in [1.29, 1.82) is 0 Å². The van der Waals surface area contributed by atoms with E-state index in [9.17, 15) is 4.79 Å². The molecule has 1 aromatic carbocycles. The van der Waals surface area contributed by atoms with Gasteiger partial charge in [0.05, 0.1) is 18.5 Å². The van der Waals surface area contributed by atoms with E-state index in [1.165, 1.54) is 6.08 Å². The molecule has 0 aliphatic heterocycles. The molecule has 150 valence electrons. The molecule has 2 N–H and O–H groups in total. The number of ether oxygens (including phenoxy) is 1. The Bertz CT molecular complexity index is 1250. The van der Waals surface area contributed by atoms with E-state index in [0.717, 1.165) is 22.3 Å². The van der Waals surface area contributed by atoms with Gasteiger partial charge in [0.25, 0.3) is 0 Å². The number of rotatable bonds is 6. The van der Waals surface area contributed by atoms with Crippen molar-refractivity contribution in [2.75, 3.05) is 17.7 Å². The first-order valence-corrected chi connectivity index (χ1v) is 9.21. The number of aromatic nitrogens is 4. The Morgan fingerprint density at radius 1 is 1.20 bits per heavy atom. The highest BCUT2D eigenvalue weighted by molar-refractivity contribution is 5.99. The van der Waals surface area contributed by atoms with E-state index in [1.807, 2.05) is 36.0 Å². The van der Waals surface area contributed by atoms with Gasteiger partial charge in [-0.25, -0.2) is 15.0 Å². The maximum Gasteiger partial charge on any atom is 0.247 e. The van der Waals surface area contributed by atoms with E-state index in [2.05, 4.69) is 32.2 Å². The summed E-state index contributed by atoms with van der Waals surface area (Å²) in [6.45, 7) is 3.46. The van der Waals surface area contributed by atoms with Gasteiger partial charge in [-0.05, 0) is 42.5 Å². The molecule has 3 aromatic heterocycles. The Balaban J connectivity index is 1.69. The van der Waals surface area contributed by atoms with E-state index >= 15 is 0 Å². The summed E-state index contributed by atoms with van der Waals surface area (Å²) in [5.41, 5.74) is 3.83. The Morgan fingerprint density at radius 3 is 2.87 bits per heavy atom. The fraction of sp³-hybridized carbons (Fsp3) is 0.0909. The molecular formula is C22H20N6O2. The molecule has 8 nitrogen and oxygen atoms in total. The van der Waals surface area contributed by atoms with Crippen LogP contribution in [0.25, 0.3) is 22.3 Å². The third kappa shape index (κ3) is 3.70. The van der Waals surface area contributed by atoms with Gasteiger partial charge in [-0.2, -0.15) is 0 Å². The largest absolute Gasteiger partial charge is 0.495 e. The number of nitrogens with one attached hydrogen (secondary N) is 2. The fourth-order valence-electron chi connectivity index (χ4n) is 3.18. The average Bonchev–Trinajstić information content (AvgIpc) is 3.11. The molecule has 0 radical (unpaired) electrons. The van der Waals surface area contributed by atoms with Crippen molar-refractivity contribution in [3.63, 3.8) is 0 Å². The van der Waals surface area contributed by atoms with Crippen molar-refractivity contribution >= 4 is 34.3 Å². The van der Waals surface area contributed by atoms with E-state index in [1.54, 1.807) is 37.7 Å². The lowest BCUT2D eigenvalue weighted by Crippen LogP contribution is -2.08. The molecule has 0 fully saturated rings. The second kappa shape index (κ2) is 8.04. The first-order valence-electron chi connectivity index (χ1n) is 9.21. The maximum atomic E-state index is 11.6. The van der Waals surface area contributed by atoms with E-state index < -0.39 is 0 Å². The number of amides is 1. The molecule has 0 aliphatic carbocycles. The lowest BCUT2D eigenvalue weighted by Gasteiger charge is -2.12. The van der Waals surface area contributed by atoms with Crippen molar-refractivity contribution in [3.05, 3.63) is 67.6 Å². The molecule has 0 saturated carbocycles. The van der Waals surface area contributed by atoms with Gasteiger partial charge >= 0.3 is 0 Å². The van der Waals surface area contributed by atoms with Crippen LogP contribution in [0.5, 0.6) is 5.75 Å². The number of hydrogen-bond acceptors (Lipinski definition) is 6. The molecule has 0 spiro atoms. The molecule has 0 unspecified atom stereocenters. The van der Waals surface area contributed by atoms with Crippen LogP contribution in [0.15, 0.2) is 67.6 Å². The van der Waals surface area contributed by atoms with E-state index in [0.29, 0.717) is 23.1 Å². The Kier molecular flexibility index (Phi) is 5.13. The summed E-state index contributed by atoms with van der Waals surface area (Å²) in [6, 6.07) is 11.0. The summed E-state index contributed by atoms with van der Waals surface area (Å²) in [5.74, 6) is 0.697. The van der Waals surface area contributed by atoms with Crippen molar-refractivity contribution in [3.8, 4) is 17.0 Å². The maximum absolute atomic E-state index is 11.6. The molecule has 4 aromatic rings. The van der Waals surface area contributed by atoms with Crippen LogP contribution < -0.4 is 15.4 Å². The molecule has 0 atom stereocenters. The second-order valence-corrected chi connectivity index (χ2v) is 6.53. The standard InChI is InChI=1S/C22H20N6O2/c1-4-20(29)25-14-7-8-19(30-3)18(12-14)27-22-24-11-9-17(26-22)16-13-28(2)21-15(16)6-5-10-23-21/h4-13H,1H2,2-3H3,(H,25,29)(H,24,26,27). The summed E-state index contributed by atoms with van der Waals surface area (Å²) in [5, 5.41) is 6.91. The topological polar surface area (TPSA) is 94.0 Å². The lowest BCUT2D eigenvalue weighted by molar-refractivity contribution is -0.111. The third-order valence-electron chi connectivity index (χ3n) is 4.56. The number of benzene rings is 1. The minimum Gasteiger partial charge on any atom is -0.495 e. The van der Waals surface area contributed by atoms with Gasteiger partial charge in [0.2, 0.25) is 11.9 Å². The van der Waals surface area contributed by atoms with Gasteiger partial charge < -0.3 is 19.9 Å². The van der Waals surface area contributed by atoms with Crippen molar-refractivity contribution < 1.29 is 9.53 Å². The number of anilines is 3. The number of carbonyl (C=O) groups excluding carboxylic acids is 1. The molecule has 30 heavy (non-hydrogen) atoms. The number of aryl methyl sites for hydroxylation is 1. The first-order chi connectivity index (χ1) is 14.6. The van der Waals surface area contributed by atoms with Gasteiger partial charge in [-0.3, -0.25) is 4.79 Å². The number of methoxy groups -OCH3 is 1. The highest BCUT2D eigenvalue weighted by Crippen LogP contribution is 2.31.